The first kappa shape index (κ1) is 18.1. The number of hydrogen-bond donors (Lipinski definition) is 1. The van der Waals surface area contributed by atoms with Gasteiger partial charge in [0.2, 0.25) is 17.6 Å². The Kier molecular flexibility index (Phi) is 5.68. The molecule has 2 aromatic carbocycles. The number of amides is 1. The summed E-state index contributed by atoms with van der Waals surface area (Å²) in [5.74, 6) is 1.26. The van der Waals surface area contributed by atoms with Gasteiger partial charge >= 0.3 is 0 Å². The van der Waals surface area contributed by atoms with Gasteiger partial charge in [0.1, 0.15) is 0 Å². The van der Waals surface area contributed by atoms with Gasteiger partial charge in [-0.15, -0.1) is 0 Å². The highest BCUT2D eigenvalue weighted by molar-refractivity contribution is 6.30. The summed E-state index contributed by atoms with van der Waals surface area (Å²) in [6.45, 7) is 4.27. The summed E-state index contributed by atoms with van der Waals surface area (Å²) in [6, 6.07) is 15.1. The Bertz CT molecular complexity index is 888. The third kappa shape index (κ3) is 4.70. The molecule has 1 amide bonds. The third-order valence-corrected chi connectivity index (χ3v) is 4.21. The van der Waals surface area contributed by atoms with Crippen LogP contribution in [0.2, 0.25) is 5.02 Å². The molecule has 6 heteroatoms. The number of rotatable bonds is 6. The number of halogens is 1. The Morgan fingerprint density at radius 2 is 1.96 bits per heavy atom. The number of aryl methyl sites for hydroxylation is 1. The molecule has 0 fully saturated rings. The first-order valence-electron chi connectivity index (χ1n) is 8.49. The monoisotopic (exact) mass is 369 g/mol. The van der Waals surface area contributed by atoms with Crippen LogP contribution in [0.15, 0.2) is 53.1 Å². The van der Waals surface area contributed by atoms with Crippen LogP contribution in [0.4, 0.5) is 5.69 Å². The van der Waals surface area contributed by atoms with Crippen LogP contribution in [0.1, 0.15) is 37.6 Å². The van der Waals surface area contributed by atoms with Crippen LogP contribution in [-0.4, -0.2) is 16.0 Å². The van der Waals surface area contributed by atoms with Crippen LogP contribution in [0, 0.1) is 0 Å². The average molecular weight is 370 g/mol. The number of aromatic nitrogens is 2. The standard InChI is InChI=1S/C20H20ClN3O2/c1-13(2)14-6-8-17(9-7-14)22-18(25)10-11-19-23-20(24-26-19)15-4-3-5-16(21)12-15/h3-9,12-13H,10-11H2,1-2H3,(H,22,25). The van der Waals surface area contributed by atoms with E-state index in [9.17, 15) is 4.79 Å². The Morgan fingerprint density at radius 1 is 1.19 bits per heavy atom. The van der Waals surface area contributed by atoms with E-state index in [4.69, 9.17) is 16.1 Å². The van der Waals surface area contributed by atoms with Crippen molar-refractivity contribution in [1.29, 1.82) is 0 Å². The maximum absolute atomic E-state index is 12.1. The van der Waals surface area contributed by atoms with Crippen molar-refractivity contribution in [1.82, 2.24) is 10.1 Å². The SMILES string of the molecule is CC(C)c1ccc(NC(=O)CCc2nc(-c3cccc(Cl)c3)no2)cc1. The number of benzene rings is 2. The number of anilines is 1. The van der Waals surface area contributed by atoms with E-state index >= 15 is 0 Å². The van der Waals surface area contributed by atoms with Gasteiger partial charge in [0.05, 0.1) is 0 Å². The van der Waals surface area contributed by atoms with Gasteiger partial charge in [-0.3, -0.25) is 4.79 Å². The summed E-state index contributed by atoms with van der Waals surface area (Å²) in [6.07, 6.45) is 0.645. The largest absolute Gasteiger partial charge is 0.339 e. The Balaban J connectivity index is 1.55. The van der Waals surface area contributed by atoms with Crippen molar-refractivity contribution in [2.24, 2.45) is 0 Å². The molecule has 0 bridgehead atoms. The molecule has 3 aromatic rings. The smallest absolute Gasteiger partial charge is 0.227 e. The van der Waals surface area contributed by atoms with Gasteiger partial charge in [0.15, 0.2) is 0 Å². The fourth-order valence-corrected chi connectivity index (χ4v) is 2.69. The van der Waals surface area contributed by atoms with E-state index in [1.807, 2.05) is 36.4 Å². The molecule has 0 aliphatic carbocycles. The molecule has 0 aliphatic rings. The van der Waals surface area contributed by atoms with Crippen LogP contribution < -0.4 is 5.32 Å². The highest BCUT2D eigenvalue weighted by Gasteiger charge is 2.11. The highest BCUT2D eigenvalue weighted by Crippen LogP contribution is 2.20. The van der Waals surface area contributed by atoms with Crippen LogP contribution in [0.3, 0.4) is 0 Å². The number of carbonyl (C=O) groups is 1. The molecule has 0 spiro atoms. The van der Waals surface area contributed by atoms with Gasteiger partial charge in [0, 0.05) is 29.1 Å². The van der Waals surface area contributed by atoms with E-state index < -0.39 is 0 Å². The highest BCUT2D eigenvalue weighted by atomic mass is 35.5. The fraction of sp³-hybridized carbons (Fsp3) is 0.250. The fourth-order valence-electron chi connectivity index (χ4n) is 2.50. The molecule has 1 heterocycles. The zero-order valence-corrected chi connectivity index (χ0v) is 15.5. The maximum atomic E-state index is 12.1. The third-order valence-electron chi connectivity index (χ3n) is 3.98. The summed E-state index contributed by atoms with van der Waals surface area (Å²) in [4.78, 5) is 16.4. The normalized spacial score (nSPS) is 10.9. The second-order valence-electron chi connectivity index (χ2n) is 6.35. The minimum absolute atomic E-state index is 0.0928. The molecular formula is C20H20ClN3O2. The predicted molar refractivity (Wildman–Crippen MR) is 102 cm³/mol. The van der Waals surface area contributed by atoms with E-state index in [0.717, 1.165) is 11.3 Å². The first-order chi connectivity index (χ1) is 12.5. The van der Waals surface area contributed by atoms with Crippen LogP contribution in [0.25, 0.3) is 11.4 Å². The Labute approximate surface area is 157 Å². The van der Waals surface area contributed by atoms with Gasteiger partial charge in [-0.2, -0.15) is 4.98 Å². The number of carbonyl (C=O) groups excluding carboxylic acids is 1. The molecule has 1 aromatic heterocycles. The van der Waals surface area contributed by atoms with E-state index in [0.29, 0.717) is 29.1 Å². The molecule has 134 valence electrons. The predicted octanol–water partition coefficient (Wildman–Crippen LogP) is 5.08. The van der Waals surface area contributed by atoms with Crippen molar-refractivity contribution in [2.45, 2.75) is 32.6 Å². The van der Waals surface area contributed by atoms with E-state index in [-0.39, 0.29) is 12.3 Å². The number of nitrogens with zero attached hydrogens (tertiary/aromatic N) is 2. The summed E-state index contributed by atoms with van der Waals surface area (Å²) in [7, 11) is 0. The minimum atomic E-state index is -0.0928. The Morgan fingerprint density at radius 3 is 2.65 bits per heavy atom. The van der Waals surface area contributed by atoms with E-state index in [2.05, 4.69) is 29.3 Å². The van der Waals surface area contributed by atoms with Crippen molar-refractivity contribution >= 4 is 23.2 Å². The molecule has 0 saturated heterocycles. The molecule has 3 rings (SSSR count). The lowest BCUT2D eigenvalue weighted by Crippen LogP contribution is -2.12. The zero-order valence-electron chi connectivity index (χ0n) is 14.7. The summed E-state index contributed by atoms with van der Waals surface area (Å²) < 4.78 is 5.22. The molecular weight excluding hydrogens is 350 g/mol. The van der Waals surface area contributed by atoms with Gasteiger partial charge in [-0.05, 0) is 35.7 Å². The summed E-state index contributed by atoms with van der Waals surface area (Å²) >= 11 is 5.97. The minimum Gasteiger partial charge on any atom is -0.339 e. The van der Waals surface area contributed by atoms with E-state index in [1.54, 1.807) is 12.1 Å². The molecule has 0 radical (unpaired) electrons. The van der Waals surface area contributed by atoms with Crippen LogP contribution >= 0.6 is 11.6 Å². The van der Waals surface area contributed by atoms with Crippen molar-refractivity contribution < 1.29 is 9.32 Å². The zero-order chi connectivity index (χ0) is 18.5. The van der Waals surface area contributed by atoms with Crippen molar-refractivity contribution in [3.8, 4) is 11.4 Å². The molecule has 26 heavy (non-hydrogen) atoms. The molecule has 5 nitrogen and oxygen atoms in total. The van der Waals surface area contributed by atoms with Gasteiger partial charge in [-0.1, -0.05) is 54.9 Å². The molecule has 0 aliphatic heterocycles. The second kappa shape index (κ2) is 8.15. The lowest BCUT2D eigenvalue weighted by atomic mass is 10.0. The summed E-state index contributed by atoms with van der Waals surface area (Å²) in [5, 5.41) is 7.43. The topological polar surface area (TPSA) is 68.0 Å². The van der Waals surface area contributed by atoms with E-state index in [1.165, 1.54) is 5.56 Å². The van der Waals surface area contributed by atoms with Crippen molar-refractivity contribution in [3.63, 3.8) is 0 Å². The van der Waals surface area contributed by atoms with Gasteiger partial charge < -0.3 is 9.84 Å². The van der Waals surface area contributed by atoms with Crippen molar-refractivity contribution in [2.75, 3.05) is 5.32 Å². The lowest BCUT2D eigenvalue weighted by molar-refractivity contribution is -0.116. The van der Waals surface area contributed by atoms with Crippen molar-refractivity contribution in [3.05, 3.63) is 65.0 Å². The quantitative estimate of drug-likeness (QED) is 0.657. The van der Waals surface area contributed by atoms with Gasteiger partial charge in [-0.25, -0.2) is 0 Å². The van der Waals surface area contributed by atoms with Crippen LogP contribution in [-0.2, 0) is 11.2 Å². The molecule has 0 saturated carbocycles. The molecule has 1 N–H and O–H groups in total. The average Bonchev–Trinajstić information content (AvgIpc) is 3.09. The molecule has 0 unspecified atom stereocenters. The first-order valence-corrected chi connectivity index (χ1v) is 8.87. The summed E-state index contributed by atoms with van der Waals surface area (Å²) in [5.41, 5.74) is 2.80. The molecule has 0 atom stereocenters. The van der Waals surface area contributed by atoms with Crippen LogP contribution in [0.5, 0.6) is 0 Å². The maximum Gasteiger partial charge on any atom is 0.227 e. The van der Waals surface area contributed by atoms with Gasteiger partial charge in [0.25, 0.3) is 0 Å². The second-order valence-corrected chi connectivity index (χ2v) is 6.78. The number of hydrogen-bond acceptors (Lipinski definition) is 4. The lowest BCUT2D eigenvalue weighted by Gasteiger charge is -2.08. The Hall–Kier alpha value is -2.66. The number of nitrogens with one attached hydrogen (secondary N) is 1.